The van der Waals surface area contributed by atoms with Crippen LogP contribution in [0, 0.1) is 6.92 Å². The van der Waals surface area contributed by atoms with E-state index in [1.165, 1.54) is 0 Å². The molecule has 1 heterocycles. The summed E-state index contributed by atoms with van der Waals surface area (Å²) in [6, 6.07) is 4.78. The number of aryl methyl sites for hydroxylation is 1. The maximum Gasteiger partial charge on any atom is 0.369 e. The van der Waals surface area contributed by atoms with Crippen LogP contribution in [0.5, 0.6) is 0 Å². The smallest absolute Gasteiger partial charge is 0.333 e. The Bertz CT molecular complexity index is 602. The number of nitrogen functional groups attached to an aromatic ring is 1. The number of halogens is 2. The van der Waals surface area contributed by atoms with Gasteiger partial charge in [0.25, 0.3) is 0 Å². The summed E-state index contributed by atoms with van der Waals surface area (Å²) in [4.78, 5) is 11.7. The average Bonchev–Trinajstić information content (AvgIpc) is 2.50. The molecule has 0 saturated carbocycles. The normalized spacial score (nSPS) is 10.7. The van der Waals surface area contributed by atoms with Gasteiger partial charge in [0.05, 0.1) is 10.7 Å². The molecule has 0 atom stereocenters. The molecule has 84 valence electrons. The van der Waals surface area contributed by atoms with Gasteiger partial charge in [-0.3, -0.25) is 0 Å². The lowest BCUT2D eigenvalue weighted by molar-refractivity contribution is 0.821. The Labute approximate surface area is 101 Å². The monoisotopic (exact) mass is 258 g/mol. The molecule has 0 aliphatic rings. The summed E-state index contributed by atoms with van der Waals surface area (Å²) in [5.74, 6) is 5.86. The highest BCUT2D eigenvalue weighted by molar-refractivity contribution is 6.34. The number of benzene rings is 1. The molecule has 0 amide bonds. The standard InChI is InChI=1S/C9H8Cl2N4O/c1-5-13-15(9(16)14(5)12)8-4-6(10)2-3-7(8)11/h2-4H,12H2,1H3. The number of nitrogens with two attached hydrogens (primary N) is 1. The topological polar surface area (TPSA) is 65.8 Å². The van der Waals surface area contributed by atoms with Crippen LogP contribution in [0.1, 0.15) is 5.82 Å². The average molecular weight is 259 g/mol. The molecule has 0 bridgehead atoms. The lowest BCUT2D eigenvalue weighted by atomic mass is 10.3. The van der Waals surface area contributed by atoms with Crippen molar-refractivity contribution in [2.45, 2.75) is 6.92 Å². The molecule has 0 fully saturated rings. The van der Waals surface area contributed by atoms with Crippen molar-refractivity contribution in [1.82, 2.24) is 14.5 Å². The minimum absolute atomic E-state index is 0.379. The Morgan fingerprint density at radius 2 is 2.06 bits per heavy atom. The van der Waals surface area contributed by atoms with Crippen LogP contribution in [-0.4, -0.2) is 14.5 Å². The van der Waals surface area contributed by atoms with Crippen LogP contribution in [0.25, 0.3) is 5.69 Å². The molecule has 2 aromatic rings. The number of nitrogens with zero attached hydrogens (tertiary/aromatic N) is 3. The van der Waals surface area contributed by atoms with Crippen LogP contribution < -0.4 is 11.5 Å². The molecular formula is C9H8Cl2N4O. The predicted octanol–water partition coefficient (Wildman–Crippen LogP) is 1.36. The summed E-state index contributed by atoms with van der Waals surface area (Å²) >= 11 is 11.8. The first kappa shape index (κ1) is 11.0. The summed E-state index contributed by atoms with van der Waals surface area (Å²) in [5, 5.41) is 4.83. The highest BCUT2D eigenvalue weighted by atomic mass is 35.5. The summed E-state index contributed by atoms with van der Waals surface area (Å²) in [6.45, 7) is 1.62. The van der Waals surface area contributed by atoms with Crippen LogP contribution in [0.3, 0.4) is 0 Å². The molecule has 0 aliphatic carbocycles. The molecule has 1 aromatic heterocycles. The van der Waals surface area contributed by atoms with Crippen LogP contribution >= 0.6 is 23.2 Å². The van der Waals surface area contributed by atoms with Gasteiger partial charge in [0.2, 0.25) is 0 Å². The lowest BCUT2D eigenvalue weighted by Gasteiger charge is -2.02. The number of hydrogen-bond acceptors (Lipinski definition) is 3. The third-order valence-corrected chi connectivity index (χ3v) is 2.67. The van der Waals surface area contributed by atoms with Gasteiger partial charge in [-0.15, -0.1) is 5.10 Å². The first-order chi connectivity index (χ1) is 7.50. The first-order valence-corrected chi connectivity index (χ1v) is 5.15. The third-order valence-electron chi connectivity index (χ3n) is 2.12. The highest BCUT2D eigenvalue weighted by Gasteiger charge is 2.12. The SMILES string of the molecule is Cc1nn(-c2cc(Cl)ccc2Cl)c(=O)n1N. The summed E-state index contributed by atoms with van der Waals surface area (Å²) in [6.07, 6.45) is 0. The van der Waals surface area contributed by atoms with Crippen molar-refractivity contribution >= 4 is 23.2 Å². The summed E-state index contributed by atoms with van der Waals surface area (Å²) in [7, 11) is 0. The second-order valence-corrected chi connectivity index (χ2v) is 4.05. The van der Waals surface area contributed by atoms with E-state index in [0.717, 1.165) is 9.36 Å². The molecule has 0 spiro atoms. The van der Waals surface area contributed by atoms with E-state index >= 15 is 0 Å². The lowest BCUT2D eigenvalue weighted by Crippen LogP contribution is -2.29. The number of rotatable bonds is 1. The zero-order valence-electron chi connectivity index (χ0n) is 8.32. The maximum atomic E-state index is 11.7. The van der Waals surface area contributed by atoms with E-state index in [4.69, 9.17) is 29.0 Å². The van der Waals surface area contributed by atoms with Crippen molar-refractivity contribution in [3.8, 4) is 5.69 Å². The molecule has 0 radical (unpaired) electrons. The van der Waals surface area contributed by atoms with Crippen molar-refractivity contribution < 1.29 is 0 Å². The minimum atomic E-state index is -0.471. The van der Waals surface area contributed by atoms with E-state index in [-0.39, 0.29) is 0 Å². The minimum Gasteiger partial charge on any atom is -0.333 e. The second-order valence-electron chi connectivity index (χ2n) is 3.21. The Hall–Kier alpha value is -1.46. The molecule has 16 heavy (non-hydrogen) atoms. The van der Waals surface area contributed by atoms with Crippen molar-refractivity contribution in [2.75, 3.05) is 5.84 Å². The van der Waals surface area contributed by atoms with Gasteiger partial charge < -0.3 is 5.84 Å². The maximum absolute atomic E-state index is 11.7. The van der Waals surface area contributed by atoms with E-state index in [9.17, 15) is 4.79 Å². The van der Waals surface area contributed by atoms with Crippen LogP contribution in [0.2, 0.25) is 10.0 Å². The Morgan fingerprint density at radius 1 is 1.38 bits per heavy atom. The van der Waals surface area contributed by atoms with Gasteiger partial charge >= 0.3 is 5.69 Å². The number of aromatic nitrogens is 3. The van der Waals surface area contributed by atoms with E-state index < -0.39 is 5.69 Å². The van der Waals surface area contributed by atoms with Crippen molar-refractivity contribution in [2.24, 2.45) is 0 Å². The van der Waals surface area contributed by atoms with Crippen molar-refractivity contribution in [3.05, 3.63) is 44.6 Å². The van der Waals surface area contributed by atoms with Crippen LogP contribution in [0.4, 0.5) is 0 Å². The fourth-order valence-electron chi connectivity index (χ4n) is 1.28. The van der Waals surface area contributed by atoms with Gasteiger partial charge in [-0.2, -0.15) is 9.36 Å². The van der Waals surface area contributed by atoms with E-state index in [0.29, 0.717) is 21.6 Å². The summed E-state index contributed by atoms with van der Waals surface area (Å²) in [5.41, 5.74) is -0.0619. The van der Waals surface area contributed by atoms with E-state index in [1.54, 1.807) is 25.1 Å². The highest BCUT2D eigenvalue weighted by Crippen LogP contribution is 2.22. The van der Waals surface area contributed by atoms with Gasteiger partial charge in [0.1, 0.15) is 0 Å². The second kappa shape index (κ2) is 3.84. The van der Waals surface area contributed by atoms with E-state index in [2.05, 4.69) is 5.10 Å². The molecule has 2 N–H and O–H groups in total. The molecule has 1 aromatic carbocycles. The van der Waals surface area contributed by atoms with Crippen molar-refractivity contribution in [1.29, 1.82) is 0 Å². The largest absolute Gasteiger partial charge is 0.369 e. The van der Waals surface area contributed by atoms with Crippen LogP contribution in [0.15, 0.2) is 23.0 Å². The molecular weight excluding hydrogens is 251 g/mol. The fraction of sp³-hybridized carbons (Fsp3) is 0.111. The van der Waals surface area contributed by atoms with Gasteiger partial charge in [0.15, 0.2) is 5.82 Å². The van der Waals surface area contributed by atoms with Gasteiger partial charge in [0, 0.05) is 5.02 Å². The molecule has 0 aliphatic heterocycles. The number of hydrogen-bond donors (Lipinski definition) is 1. The van der Waals surface area contributed by atoms with Gasteiger partial charge in [-0.05, 0) is 25.1 Å². The zero-order chi connectivity index (χ0) is 11.9. The first-order valence-electron chi connectivity index (χ1n) is 4.40. The van der Waals surface area contributed by atoms with Crippen molar-refractivity contribution in [3.63, 3.8) is 0 Å². The Morgan fingerprint density at radius 3 is 2.62 bits per heavy atom. The van der Waals surface area contributed by atoms with Crippen LogP contribution in [-0.2, 0) is 0 Å². The third kappa shape index (κ3) is 1.68. The molecule has 0 unspecified atom stereocenters. The molecule has 2 rings (SSSR count). The van der Waals surface area contributed by atoms with E-state index in [1.807, 2.05) is 0 Å². The predicted molar refractivity (Wildman–Crippen MR) is 62.7 cm³/mol. The Kier molecular flexibility index (Phi) is 2.65. The quantitative estimate of drug-likeness (QED) is 0.786. The van der Waals surface area contributed by atoms with Gasteiger partial charge in [-0.1, -0.05) is 23.2 Å². The Balaban J connectivity index is 2.72. The summed E-state index contributed by atoms with van der Waals surface area (Å²) < 4.78 is 2.06. The zero-order valence-corrected chi connectivity index (χ0v) is 9.83. The molecule has 0 saturated heterocycles. The molecule has 7 heteroatoms. The van der Waals surface area contributed by atoms with Gasteiger partial charge in [-0.25, -0.2) is 4.79 Å². The fourth-order valence-corrected chi connectivity index (χ4v) is 1.65. The molecule has 5 nitrogen and oxygen atoms in total.